The largest absolute Gasteiger partial charge is 0.493 e. The third kappa shape index (κ3) is 7.50. The zero-order valence-corrected chi connectivity index (χ0v) is 27.3. The van der Waals surface area contributed by atoms with Crippen molar-refractivity contribution in [2.45, 2.75) is 108 Å². The summed E-state index contributed by atoms with van der Waals surface area (Å²) >= 11 is 2.11. The molecule has 1 aromatic rings. The molecular weight excluding hydrogens is 663 g/mol. The predicted molar refractivity (Wildman–Crippen MR) is 171 cm³/mol. The minimum absolute atomic E-state index is 0.00672. The smallest absolute Gasteiger partial charge is 0.247 e. The van der Waals surface area contributed by atoms with Crippen molar-refractivity contribution in [1.82, 2.24) is 10.2 Å². The zero-order chi connectivity index (χ0) is 30.5. The van der Waals surface area contributed by atoms with Crippen molar-refractivity contribution in [2.75, 3.05) is 20.3 Å². The summed E-state index contributed by atoms with van der Waals surface area (Å²) in [6, 6.07) is 2.87. The highest BCUT2D eigenvalue weighted by Crippen LogP contribution is 2.50. The number of rotatable bonds is 11. The summed E-state index contributed by atoms with van der Waals surface area (Å²) in [5, 5.41) is 33.8. The van der Waals surface area contributed by atoms with Crippen LogP contribution in [0.25, 0.3) is 0 Å². The van der Waals surface area contributed by atoms with Crippen molar-refractivity contribution in [2.24, 2.45) is 17.8 Å². The van der Waals surface area contributed by atoms with Gasteiger partial charge in [-0.05, 0) is 96.2 Å². The molecule has 0 heterocycles. The van der Waals surface area contributed by atoms with Gasteiger partial charge in [-0.2, -0.15) is 0 Å². The molecule has 0 aromatic heterocycles. The second-order valence-corrected chi connectivity index (χ2v) is 14.0. The summed E-state index contributed by atoms with van der Waals surface area (Å²) < 4.78 is 12.7. The number of carbonyl (C=O) groups excluding carboxylic acids is 2. The maximum Gasteiger partial charge on any atom is 0.247 e. The molecule has 9 nitrogen and oxygen atoms in total. The fraction of sp³-hybridized carbons (Fsp3) is 0.697. The number of amides is 2. The second kappa shape index (κ2) is 14.9. The maximum absolute atomic E-state index is 14.3. The van der Waals surface area contributed by atoms with Crippen LogP contribution in [0.2, 0.25) is 0 Å². The second-order valence-electron chi connectivity index (χ2n) is 12.9. The number of nitrogens with one attached hydrogen (secondary N) is 1. The van der Waals surface area contributed by atoms with E-state index in [9.17, 15) is 24.9 Å². The molecule has 0 radical (unpaired) electrons. The van der Waals surface area contributed by atoms with Gasteiger partial charge in [-0.25, -0.2) is 0 Å². The van der Waals surface area contributed by atoms with Crippen LogP contribution in [0.1, 0.15) is 82.6 Å². The van der Waals surface area contributed by atoms with Gasteiger partial charge in [-0.15, -0.1) is 0 Å². The first kappa shape index (κ1) is 32.5. The van der Waals surface area contributed by atoms with Gasteiger partial charge in [0.1, 0.15) is 12.2 Å². The molecular formula is C33H47IN2O7. The number of fused-ring (bicyclic) bond motifs is 2. The Hall–Kier alpha value is -1.89. The van der Waals surface area contributed by atoms with Crippen LogP contribution < -0.4 is 14.8 Å². The normalized spacial score (nSPS) is 29.1. The van der Waals surface area contributed by atoms with E-state index in [0.717, 1.165) is 50.9 Å². The van der Waals surface area contributed by atoms with Crippen LogP contribution in [0.5, 0.6) is 11.5 Å². The molecule has 4 N–H and O–H groups in total. The van der Waals surface area contributed by atoms with E-state index < -0.39 is 18.2 Å². The molecule has 6 atom stereocenters. The maximum atomic E-state index is 14.3. The van der Waals surface area contributed by atoms with Crippen LogP contribution in [0.4, 0.5) is 0 Å². The first-order valence-corrected chi connectivity index (χ1v) is 17.1. The van der Waals surface area contributed by atoms with Gasteiger partial charge < -0.3 is 35.0 Å². The number of hydrogen-bond donors (Lipinski definition) is 4. The molecule has 0 spiro atoms. The van der Waals surface area contributed by atoms with E-state index in [-0.39, 0.29) is 44.0 Å². The Bertz CT molecular complexity index is 1170. The molecule has 6 unspecified atom stereocenters. The van der Waals surface area contributed by atoms with Crippen molar-refractivity contribution >= 4 is 34.4 Å². The van der Waals surface area contributed by atoms with Crippen LogP contribution in [0, 0.1) is 21.3 Å². The molecule has 4 aliphatic rings. The molecule has 10 heteroatoms. The highest BCUT2D eigenvalue weighted by Gasteiger charge is 2.46. The molecule has 2 amide bonds. The molecule has 2 bridgehead atoms. The Kier molecular flexibility index (Phi) is 11.3. The molecule has 43 heavy (non-hydrogen) atoms. The van der Waals surface area contributed by atoms with Gasteiger partial charge in [0.15, 0.2) is 11.5 Å². The van der Waals surface area contributed by atoms with Crippen molar-refractivity contribution in [3.63, 3.8) is 0 Å². The van der Waals surface area contributed by atoms with Gasteiger partial charge in [0, 0.05) is 31.0 Å². The van der Waals surface area contributed by atoms with Gasteiger partial charge in [-0.3, -0.25) is 9.59 Å². The highest BCUT2D eigenvalue weighted by molar-refractivity contribution is 14.1. The molecule has 3 saturated carbocycles. The Morgan fingerprint density at radius 3 is 2.47 bits per heavy atom. The van der Waals surface area contributed by atoms with E-state index in [1.807, 2.05) is 4.90 Å². The van der Waals surface area contributed by atoms with Crippen molar-refractivity contribution in [3.8, 4) is 11.5 Å². The lowest BCUT2D eigenvalue weighted by atomic mass is 9.83. The minimum atomic E-state index is -1.07. The molecule has 1 aromatic carbocycles. The third-order valence-corrected chi connectivity index (χ3v) is 10.9. The average molecular weight is 711 g/mol. The molecule has 0 saturated heterocycles. The molecule has 238 valence electrons. The van der Waals surface area contributed by atoms with Crippen LogP contribution in [-0.4, -0.2) is 76.6 Å². The van der Waals surface area contributed by atoms with E-state index in [1.54, 1.807) is 18.2 Å². The fourth-order valence-corrected chi connectivity index (χ4v) is 8.81. The van der Waals surface area contributed by atoms with E-state index in [0.29, 0.717) is 44.5 Å². The quantitative estimate of drug-likeness (QED) is 0.201. The lowest BCUT2D eigenvalue weighted by Gasteiger charge is -2.44. The standard InChI is InChI=1S/C33H47IN2O7/c1-42-29-15-21(19-38)14-26(34)32(29)43-28-17-24(33(41)35-10-11-37)16-27(31(28)40)36(25-6-4-2-3-5-7-25)30(39)18-23-13-20-8-9-22(23)12-20/h14-15,17,20,22-23,25,27-28,31,37-38,40H,2-13,16,18-19H2,1H3,(H,35,41). The fourth-order valence-electron chi connectivity index (χ4n) is 8.01. The molecule has 3 fully saturated rings. The van der Waals surface area contributed by atoms with Crippen LogP contribution in [-0.2, 0) is 16.2 Å². The van der Waals surface area contributed by atoms with E-state index in [1.165, 1.54) is 26.4 Å². The van der Waals surface area contributed by atoms with E-state index >= 15 is 0 Å². The Morgan fingerprint density at radius 1 is 1.07 bits per heavy atom. The molecule has 4 aliphatic carbocycles. The first-order valence-electron chi connectivity index (χ1n) is 16.1. The number of halogens is 1. The van der Waals surface area contributed by atoms with E-state index in [2.05, 4.69) is 27.9 Å². The summed E-state index contributed by atoms with van der Waals surface area (Å²) in [6.07, 6.45) is 11.3. The summed E-state index contributed by atoms with van der Waals surface area (Å²) in [5.41, 5.74) is 1.10. The number of benzene rings is 1. The van der Waals surface area contributed by atoms with Crippen LogP contribution in [0.3, 0.4) is 0 Å². The van der Waals surface area contributed by atoms with Crippen molar-refractivity contribution in [1.29, 1.82) is 0 Å². The van der Waals surface area contributed by atoms with Crippen molar-refractivity contribution < 1.29 is 34.4 Å². The molecule has 0 aliphatic heterocycles. The number of nitrogens with zero attached hydrogens (tertiary/aromatic N) is 1. The summed E-state index contributed by atoms with van der Waals surface area (Å²) in [7, 11) is 1.52. The van der Waals surface area contributed by atoms with Gasteiger partial charge in [-0.1, -0.05) is 32.1 Å². The van der Waals surface area contributed by atoms with Crippen LogP contribution in [0.15, 0.2) is 23.8 Å². The number of ether oxygens (including phenoxy) is 2. The topological polar surface area (TPSA) is 129 Å². The summed E-state index contributed by atoms with van der Waals surface area (Å²) in [6.45, 7) is -0.233. The lowest BCUT2D eigenvalue weighted by molar-refractivity contribution is -0.144. The number of methoxy groups -OCH3 is 1. The Labute approximate surface area is 268 Å². The van der Waals surface area contributed by atoms with Gasteiger partial charge in [0.05, 0.1) is 29.9 Å². The van der Waals surface area contributed by atoms with Gasteiger partial charge >= 0.3 is 0 Å². The highest BCUT2D eigenvalue weighted by atomic mass is 127. The number of aliphatic hydroxyl groups excluding tert-OH is 3. The minimum Gasteiger partial charge on any atom is -0.493 e. The predicted octanol–water partition coefficient (Wildman–Crippen LogP) is 4.09. The van der Waals surface area contributed by atoms with Crippen LogP contribution >= 0.6 is 22.6 Å². The number of hydrogen-bond acceptors (Lipinski definition) is 7. The Morgan fingerprint density at radius 2 is 1.84 bits per heavy atom. The molecule has 5 rings (SSSR count). The summed E-state index contributed by atoms with van der Waals surface area (Å²) in [4.78, 5) is 29.6. The van der Waals surface area contributed by atoms with Gasteiger partial charge in [0.25, 0.3) is 0 Å². The number of carbonyl (C=O) groups is 2. The van der Waals surface area contributed by atoms with Gasteiger partial charge in [0.2, 0.25) is 11.8 Å². The third-order valence-electron chi connectivity index (χ3n) is 10.1. The first-order chi connectivity index (χ1) is 20.8. The Balaban J connectivity index is 1.48. The SMILES string of the molecule is COc1cc(CO)cc(I)c1OC1C=C(C(=O)NCCO)CC(N(C(=O)CC2CC3CCC2C3)C2CCCCCC2)C1O. The number of aliphatic hydroxyl groups is 3. The zero-order valence-electron chi connectivity index (χ0n) is 25.2. The van der Waals surface area contributed by atoms with Crippen molar-refractivity contribution in [3.05, 3.63) is 32.9 Å². The summed E-state index contributed by atoms with van der Waals surface area (Å²) in [5.74, 6) is 2.33. The average Bonchev–Trinajstić information content (AvgIpc) is 3.53. The monoisotopic (exact) mass is 710 g/mol. The lowest BCUT2D eigenvalue weighted by Crippen LogP contribution is -2.58. The van der Waals surface area contributed by atoms with E-state index in [4.69, 9.17) is 9.47 Å².